The van der Waals surface area contributed by atoms with Crippen molar-refractivity contribution in [1.29, 1.82) is 0 Å². The van der Waals surface area contributed by atoms with Crippen LogP contribution >= 0.6 is 0 Å². The molecule has 0 saturated carbocycles. The Morgan fingerprint density at radius 3 is 2.72 bits per heavy atom. The Hall–Kier alpha value is -3.46. The third kappa shape index (κ3) is 4.52. The molecule has 3 aromatic heterocycles. The summed E-state index contributed by atoms with van der Waals surface area (Å²) in [6, 6.07) is 5.80. The highest BCUT2D eigenvalue weighted by molar-refractivity contribution is 6.03. The van der Waals surface area contributed by atoms with Gasteiger partial charge in [-0.2, -0.15) is 4.98 Å². The number of hydrogen-bond acceptors (Lipinski definition) is 7. The van der Waals surface area contributed by atoms with Crippen molar-refractivity contribution in [2.45, 2.75) is 18.9 Å². The minimum Gasteiger partial charge on any atom is -0.473 e. The second kappa shape index (κ2) is 8.70. The van der Waals surface area contributed by atoms with E-state index in [2.05, 4.69) is 30.6 Å². The standard InChI is InChI=1S/C20H19FN6O2/c21-15-1-2-16(26-18(15)13-3-7-22-8-4-13)19(28)27-17-11-24-12-25-20(17)29-14-5-9-23-10-6-14/h1-4,7-8,11-12,14,23H,5-6,9-10H2,(H,27,28). The van der Waals surface area contributed by atoms with Crippen LogP contribution in [0.5, 0.6) is 5.88 Å². The summed E-state index contributed by atoms with van der Waals surface area (Å²) < 4.78 is 20.2. The molecule has 1 aliphatic heterocycles. The van der Waals surface area contributed by atoms with E-state index in [0.717, 1.165) is 25.9 Å². The number of ether oxygens (including phenoxy) is 1. The number of amides is 1. The average molecular weight is 394 g/mol. The molecule has 9 heteroatoms. The summed E-state index contributed by atoms with van der Waals surface area (Å²) in [6.45, 7) is 1.74. The summed E-state index contributed by atoms with van der Waals surface area (Å²) in [5.74, 6) is -0.729. The van der Waals surface area contributed by atoms with E-state index >= 15 is 0 Å². The highest BCUT2D eigenvalue weighted by atomic mass is 19.1. The lowest BCUT2D eigenvalue weighted by molar-refractivity contribution is 0.102. The molecule has 0 radical (unpaired) electrons. The number of nitrogens with one attached hydrogen (secondary N) is 2. The summed E-state index contributed by atoms with van der Waals surface area (Å²) in [6.07, 6.45) is 7.63. The van der Waals surface area contributed by atoms with Gasteiger partial charge in [0.15, 0.2) is 0 Å². The maximum atomic E-state index is 14.2. The van der Waals surface area contributed by atoms with Crippen LogP contribution in [0.2, 0.25) is 0 Å². The highest BCUT2D eigenvalue weighted by Gasteiger charge is 2.19. The quantitative estimate of drug-likeness (QED) is 0.685. The second-order valence-corrected chi connectivity index (χ2v) is 6.53. The summed E-state index contributed by atoms with van der Waals surface area (Å²) in [4.78, 5) is 28.9. The van der Waals surface area contributed by atoms with E-state index < -0.39 is 11.7 Å². The predicted molar refractivity (Wildman–Crippen MR) is 104 cm³/mol. The van der Waals surface area contributed by atoms with Crippen LogP contribution in [0.1, 0.15) is 23.3 Å². The Kier molecular flexibility index (Phi) is 5.66. The van der Waals surface area contributed by atoms with E-state index in [-0.39, 0.29) is 17.5 Å². The van der Waals surface area contributed by atoms with Crippen molar-refractivity contribution >= 4 is 11.6 Å². The Morgan fingerprint density at radius 2 is 1.93 bits per heavy atom. The molecule has 0 bridgehead atoms. The van der Waals surface area contributed by atoms with Crippen LogP contribution in [-0.2, 0) is 0 Å². The highest BCUT2D eigenvalue weighted by Crippen LogP contribution is 2.24. The zero-order valence-electron chi connectivity index (χ0n) is 15.5. The van der Waals surface area contributed by atoms with Crippen LogP contribution in [0.4, 0.5) is 10.1 Å². The molecule has 1 aliphatic rings. The van der Waals surface area contributed by atoms with Crippen LogP contribution in [0.3, 0.4) is 0 Å². The fourth-order valence-electron chi connectivity index (χ4n) is 3.04. The number of pyridine rings is 2. The van der Waals surface area contributed by atoms with Gasteiger partial charge < -0.3 is 15.4 Å². The van der Waals surface area contributed by atoms with E-state index in [1.165, 1.54) is 37.1 Å². The molecule has 0 aromatic carbocycles. The number of nitrogens with zero attached hydrogens (tertiary/aromatic N) is 4. The molecule has 29 heavy (non-hydrogen) atoms. The topological polar surface area (TPSA) is 102 Å². The van der Waals surface area contributed by atoms with E-state index in [0.29, 0.717) is 17.1 Å². The van der Waals surface area contributed by atoms with Gasteiger partial charge in [-0.1, -0.05) is 0 Å². The first-order valence-electron chi connectivity index (χ1n) is 9.26. The summed E-state index contributed by atoms with van der Waals surface area (Å²) in [5, 5.41) is 5.98. The van der Waals surface area contributed by atoms with E-state index in [1.54, 1.807) is 12.1 Å². The Labute approximate surface area is 166 Å². The molecule has 8 nitrogen and oxygen atoms in total. The van der Waals surface area contributed by atoms with Gasteiger partial charge in [-0.25, -0.2) is 14.4 Å². The number of carbonyl (C=O) groups is 1. The van der Waals surface area contributed by atoms with Crippen LogP contribution in [0.15, 0.2) is 49.2 Å². The van der Waals surface area contributed by atoms with Crippen molar-refractivity contribution in [3.8, 4) is 17.1 Å². The zero-order valence-corrected chi connectivity index (χ0v) is 15.5. The third-order valence-corrected chi connectivity index (χ3v) is 4.52. The molecule has 0 aliphatic carbocycles. The fraction of sp³-hybridized carbons (Fsp3) is 0.250. The normalized spacial score (nSPS) is 14.4. The Morgan fingerprint density at radius 1 is 1.14 bits per heavy atom. The van der Waals surface area contributed by atoms with Gasteiger partial charge in [-0.3, -0.25) is 9.78 Å². The van der Waals surface area contributed by atoms with Crippen molar-refractivity contribution in [3.05, 3.63) is 60.7 Å². The number of anilines is 1. The number of piperidine rings is 1. The van der Waals surface area contributed by atoms with Crippen LogP contribution in [-0.4, -0.2) is 45.0 Å². The molecule has 148 valence electrons. The van der Waals surface area contributed by atoms with Gasteiger partial charge >= 0.3 is 0 Å². The van der Waals surface area contributed by atoms with Gasteiger partial charge in [0.05, 0.1) is 6.20 Å². The number of aromatic nitrogens is 4. The largest absolute Gasteiger partial charge is 0.473 e. The SMILES string of the molecule is O=C(Nc1cncnc1OC1CCNCC1)c1ccc(F)c(-c2ccncc2)n1. The van der Waals surface area contributed by atoms with E-state index in [9.17, 15) is 9.18 Å². The minimum absolute atomic E-state index is 0.0176. The van der Waals surface area contributed by atoms with E-state index in [1.807, 2.05) is 0 Å². The smallest absolute Gasteiger partial charge is 0.274 e. The van der Waals surface area contributed by atoms with Crippen LogP contribution in [0.25, 0.3) is 11.3 Å². The van der Waals surface area contributed by atoms with Gasteiger partial charge in [0.25, 0.3) is 5.91 Å². The van der Waals surface area contributed by atoms with Gasteiger partial charge in [0.1, 0.15) is 35.3 Å². The maximum absolute atomic E-state index is 14.2. The number of rotatable bonds is 5. The molecule has 0 unspecified atom stereocenters. The van der Waals surface area contributed by atoms with Crippen molar-refractivity contribution in [2.24, 2.45) is 0 Å². The maximum Gasteiger partial charge on any atom is 0.274 e. The first kappa shape index (κ1) is 18.9. The first-order valence-corrected chi connectivity index (χ1v) is 9.26. The summed E-state index contributed by atoms with van der Waals surface area (Å²) in [5.41, 5.74) is 1.02. The second-order valence-electron chi connectivity index (χ2n) is 6.53. The molecule has 0 atom stereocenters. The van der Waals surface area contributed by atoms with Gasteiger partial charge in [0.2, 0.25) is 5.88 Å². The van der Waals surface area contributed by atoms with Crippen molar-refractivity contribution < 1.29 is 13.9 Å². The average Bonchev–Trinajstić information content (AvgIpc) is 2.77. The lowest BCUT2D eigenvalue weighted by Gasteiger charge is -2.24. The lowest BCUT2D eigenvalue weighted by atomic mass is 10.1. The molecule has 2 N–H and O–H groups in total. The molecule has 1 saturated heterocycles. The fourth-order valence-corrected chi connectivity index (χ4v) is 3.04. The van der Waals surface area contributed by atoms with E-state index in [4.69, 9.17) is 4.74 Å². The molecular formula is C20H19FN6O2. The molecule has 4 heterocycles. The van der Waals surface area contributed by atoms with Gasteiger partial charge in [-0.15, -0.1) is 0 Å². The number of carbonyl (C=O) groups excluding carboxylic acids is 1. The molecular weight excluding hydrogens is 375 g/mol. The van der Waals surface area contributed by atoms with Gasteiger partial charge in [-0.05, 0) is 50.2 Å². The third-order valence-electron chi connectivity index (χ3n) is 4.52. The first-order chi connectivity index (χ1) is 14.2. The van der Waals surface area contributed by atoms with Crippen molar-refractivity contribution in [1.82, 2.24) is 25.3 Å². The molecule has 1 fully saturated rings. The number of hydrogen-bond donors (Lipinski definition) is 2. The Balaban J connectivity index is 1.54. The van der Waals surface area contributed by atoms with Crippen molar-refractivity contribution in [2.75, 3.05) is 18.4 Å². The molecule has 1 amide bonds. The lowest BCUT2D eigenvalue weighted by Crippen LogP contribution is -2.34. The van der Waals surface area contributed by atoms with Gasteiger partial charge in [0, 0.05) is 18.0 Å². The van der Waals surface area contributed by atoms with Crippen LogP contribution in [0, 0.1) is 5.82 Å². The summed E-state index contributed by atoms with van der Waals surface area (Å²) >= 11 is 0. The zero-order chi connectivity index (χ0) is 20.1. The Bertz CT molecular complexity index is 995. The summed E-state index contributed by atoms with van der Waals surface area (Å²) in [7, 11) is 0. The van der Waals surface area contributed by atoms with Crippen LogP contribution < -0.4 is 15.4 Å². The predicted octanol–water partition coefficient (Wildman–Crippen LogP) is 2.46. The molecule has 3 aromatic rings. The number of halogens is 1. The van der Waals surface area contributed by atoms with Crippen molar-refractivity contribution in [3.63, 3.8) is 0 Å². The minimum atomic E-state index is -0.522. The molecule has 0 spiro atoms. The monoisotopic (exact) mass is 394 g/mol. The molecule has 4 rings (SSSR count).